The SMILES string of the molecule is CCC(O)CCNC1CCCC(CC)CC1. The summed E-state index contributed by atoms with van der Waals surface area (Å²) in [6.07, 6.45) is 9.89. The van der Waals surface area contributed by atoms with Crippen LogP contribution < -0.4 is 5.32 Å². The Hall–Kier alpha value is -0.0800. The zero-order chi connectivity index (χ0) is 11.8. The number of hydrogen-bond acceptors (Lipinski definition) is 2. The highest BCUT2D eigenvalue weighted by atomic mass is 16.3. The van der Waals surface area contributed by atoms with Gasteiger partial charge in [-0.05, 0) is 44.6 Å². The average Bonchev–Trinajstić information content (AvgIpc) is 2.54. The van der Waals surface area contributed by atoms with Gasteiger partial charge in [0, 0.05) is 6.04 Å². The molecule has 0 spiro atoms. The quantitative estimate of drug-likeness (QED) is 0.683. The first-order chi connectivity index (χ1) is 7.76. The summed E-state index contributed by atoms with van der Waals surface area (Å²) in [6.45, 7) is 5.34. The van der Waals surface area contributed by atoms with Crippen molar-refractivity contribution in [2.75, 3.05) is 6.54 Å². The second-order valence-electron chi connectivity index (χ2n) is 5.28. The molecule has 16 heavy (non-hydrogen) atoms. The number of aliphatic hydroxyl groups excluding tert-OH is 1. The van der Waals surface area contributed by atoms with Gasteiger partial charge >= 0.3 is 0 Å². The smallest absolute Gasteiger partial charge is 0.0549 e. The molecule has 2 heteroatoms. The molecule has 0 radical (unpaired) electrons. The third kappa shape index (κ3) is 5.31. The molecule has 1 rings (SSSR count). The molecule has 2 N–H and O–H groups in total. The fourth-order valence-electron chi connectivity index (χ4n) is 2.65. The monoisotopic (exact) mass is 227 g/mol. The van der Waals surface area contributed by atoms with Gasteiger partial charge in [0.2, 0.25) is 0 Å². The van der Waals surface area contributed by atoms with E-state index in [-0.39, 0.29) is 6.10 Å². The first kappa shape index (κ1) is 14.0. The minimum absolute atomic E-state index is 0.110. The van der Waals surface area contributed by atoms with Crippen LogP contribution >= 0.6 is 0 Å². The molecule has 0 heterocycles. The van der Waals surface area contributed by atoms with Gasteiger partial charge in [0.25, 0.3) is 0 Å². The standard InChI is InChI=1S/C14H29NO/c1-3-12-6-5-7-13(9-8-12)15-11-10-14(16)4-2/h12-16H,3-11H2,1-2H3. The summed E-state index contributed by atoms with van der Waals surface area (Å²) in [5.74, 6) is 0.966. The molecule has 3 atom stereocenters. The highest BCUT2D eigenvalue weighted by Gasteiger charge is 2.17. The van der Waals surface area contributed by atoms with Crippen molar-refractivity contribution in [2.45, 2.75) is 77.4 Å². The molecular weight excluding hydrogens is 198 g/mol. The maximum atomic E-state index is 9.48. The van der Waals surface area contributed by atoms with Crippen molar-refractivity contribution in [3.8, 4) is 0 Å². The molecule has 96 valence electrons. The summed E-state index contributed by atoms with van der Waals surface area (Å²) in [6, 6.07) is 0.709. The van der Waals surface area contributed by atoms with E-state index in [4.69, 9.17) is 0 Å². The summed E-state index contributed by atoms with van der Waals surface area (Å²) in [5, 5.41) is 13.1. The van der Waals surface area contributed by atoms with Crippen LogP contribution in [0.4, 0.5) is 0 Å². The van der Waals surface area contributed by atoms with Gasteiger partial charge in [0.15, 0.2) is 0 Å². The van der Waals surface area contributed by atoms with Crippen molar-refractivity contribution in [3.05, 3.63) is 0 Å². The summed E-state index contributed by atoms with van der Waals surface area (Å²) < 4.78 is 0. The van der Waals surface area contributed by atoms with Gasteiger partial charge < -0.3 is 10.4 Å². The van der Waals surface area contributed by atoms with Crippen LogP contribution in [0, 0.1) is 5.92 Å². The topological polar surface area (TPSA) is 32.3 Å². The van der Waals surface area contributed by atoms with E-state index in [9.17, 15) is 5.11 Å². The van der Waals surface area contributed by atoms with Crippen molar-refractivity contribution < 1.29 is 5.11 Å². The lowest BCUT2D eigenvalue weighted by Gasteiger charge is -2.17. The molecule has 1 aliphatic rings. The Morgan fingerprint density at radius 2 is 2.00 bits per heavy atom. The lowest BCUT2D eigenvalue weighted by molar-refractivity contribution is 0.158. The Bertz CT molecular complexity index is 172. The summed E-state index contributed by atoms with van der Waals surface area (Å²) in [5.41, 5.74) is 0. The van der Waals surface area contributed by atoms with E-state index in [1.54, 1.807) is 0 Å². The van der Waals surface area contributed by atoms with Gasteiger partial charge in [-0.15, -0.1) is 0 Å². The van der Waals surface area contributed by atoms with E-state index in [1.165, 1.54) is 38.5 Å². The average molecular weight is 227 g/mol. The van der Waals surface area contributed by atoms with Crippen LogP contribution in [0.25, 0.3) is 0 Å². The van der Waals surface area contributed by atoms with Crippen molar-refractivity contribution in [3.63, 3.8) is 0 Å². The van der Waals surface area contributed by atoms with Gasteiger partial charge in [-0.3, -0.25) is 0 Å². The molecule has 0 aromatic heterocycles. The molecule has 2 nitrogen and oxygen atoms in total. The lowest BCUT2D eigenvalue weighted by atomic mass is 9.98. The highest BCUT2D eigenvalue weighted by molar-refractivity contribution is 4.74. The van der Waals surface area contributed by atoms with Gasteiger partial charge in [-0.1, -0.05) is 33.1 Å². The molecule has 0 aromatic rings. The fourth-order valence-corrected chi connectivity index (χ4v) is 2.65. The van der Waals surface area contributed by atoms with Gasteiger partial charge in [0.1, 0.15) is 0 Å². The largest absolute Gasteiger partial charge is 0.393 e. The Labute approximate surface area is 101 Å². The van der Waals surface area contributed by atoms with Crippen molar-refractivity contribution >= 4 is 0 Å². The summed E-state index contributed by atoms with van der Waals surface area (Å²) in [4.78, 5) is 0. The van der Waals surface area contributed by atoms with E-state index in [0.29, 0.717) is 6.04 Å². The fraction of sp³-hybridized carbons (Fsp3) is 1.00. The molecule has 0 bridgehead atoms. The highest BCUT2D eigenvalue weighted by Crippen LogP contribution is 2.25. The van der Waals surface area contributed by atoms with Crippen molar-refractivity contribution in [1.29, 1.82) is 0 Å². The number of hydrogen-bond donors (Lipinski definition) is 2. The molecule has 0 amide bonds. The Morgan fingerprint density at radius 3 is 2.69 bits per heavy atom. The molecule has 0 aliphatic heterocycles. The second-order valence-corrected chi connectivity index (χ2v) is 5.28. The minimum Gasteiger partial charge on any atom is -0.393 e. The zero-order valence-corrected chi connectivity index (χ0v) is 11.0. The van der Waals surface area contributed by atoms with Crippen molar-refractivity contribution in [2.24, 2.45) is 5.92 Å². The van der Waals surface area contributed by atoms with Crippen LogP contribution in [-0.2, 0) is 0 Å². The first-order valence-electron chi connectivity index (χ1n) is 7.17. The van der Waals surface area contributed by atoms with Crippen LogP contribution in [0.5, 0.6) is 0 Å². The number of rotatable bonds is 6. The third-order valence-electron chi connectivity index (χ3n) is 4.05. The van der Waals surface area contributed by atoms with E-state index in [0.717, 1.165) is 25.3 Å². The first-order valence-corrected chi connectivity index (χ1v) is 7.17. The molecule has 0 saturated heterocycles. The molecule has 3 unspecified atom stereocenters. The number of aliphatic hydroxyl groups is 1. The molecule has 1 aliphatic carbocycles. The third-order valence-corrected chi connectivity index (χ3v) is 4.05. The summed E-state index contributed by atoms with van der Waals surface area (Å²) in [7, 11) is 0. The van der Waals surface area contributed by atoms with Crippen LogP contribution in [-0.4, -0.2) is 23.8 Å². The summed E-state index contributed by atoms with van der Waals surface area (Å²) >= 11 is 0. The van der Waals surface area contributed by atoms with E-state index >= 15 is 0 Å². The van der Waals surface area contributed by atoms with Gasteiger partial charge in [-0.25, -0.2) is 0 Å². The van der Waals surface area contributed by atoms with E-state index in [2.05, 4.69) is 12.2 Å². The van der Waals surface area contributed by atoms with Crippen LogP contribution in [0.2, 0.25) is 0 Å². The maximum Gasteiger partial charge on any atom is 0.0549 e. The van der Waals surface area contributed by atoms with Crippen LogP contribution in [0.1, 0.15) is 65.2 Å². The van der Waals surface area contributed by atoms with Gasteiger partial charge in [0.05, 0.1) is 6.10 Å². The van der Waals surface area contributed by atoms with Gasteiger partial charge in [-0.2, -0.15) is 0 Å². The Kier molecular flexibility index (Phi) is 7.06. The van der Waals surface area contributed by atoms with Crippen LogP contribution in [0.15, 0.2) is 0 Å². The second kappa shape index (κ2) is 8.08. The number of nitrogens with one attached hydrogen (secondary N) is 1. The van der Waals surface area contributed by atoms with E-state index in [1.807, 2.05) is 6.92 Å². The predicted octanol–water partition coefficient (Wildman–Crippen LogP) is 3.10. The molecule has 1 fully saturated rings. The minimum atomic E-state index is -0.110. The molecule has 0 aromatic carbocycles. The maximum absolute atomic E-state index is 9.48. The van der Waals surface area contributed by atoms with E-state index < -0.39 is 0 Å². The normalized spacial score (nSPS) is 28.7. The van der Waals surface area contributed by atoms with Crippen molar-refractivity contribution in [1.82, 2.24) is 5.32 Å². The lowest BCUT2D eigenvalue weighted by Crippen LogP contribution is -2.31. The molecular formula is C14H29NO. The Morgan fingerprint density at radius 1 is 1.19 bits per heavy atom. The predicted molar refractivity (Wildman–Crippen MR) is 69.6 cm³/mol. The molecule has 1 saturated carbocycles. The zero-order valence-electron chi connectivity index (χ0n) is 11.0. The Balaban J connectivity index is 2.12. The van der Waals surface area contributed by atoms with Crippen LogP contribution in [0.3, 0.4) is 0 Å².